The third-order valence-electron chi connectivity index (χ3n) is 3.94. The zero-order valence-electron chi connectivity index (χ0n) is 13.3. The predicted molar refractivity (Wildman–Crippen MR) is 87.9 cm³/mol. The van der Waals surface area contributed by atoms with Gasteiger partial charge >= 0.3 is 0 Å². The van der Waals surface area contributed by atoms with Crippen molar-refractivity contribution >= 4 is 17.4 Å². The van der Waals surface area contributed by atoms with Gasteiger partial charge in [0, 0.05) is 16.9 Å². The van der Waals surface area contributed by atoms with Crippen molar-refractivity contribution in [1.29, 1.82) is 0 Å². The third-order valence-corrected chi connectivity index (χ3v) is 4.19. The first kappa shape index (κ1) is 16.7. The van der Waals surface area contributed by atoms with E-state index in [0.717, 1.165) is 18.4 Å². The van der Waals surface area contributed by atoms with Crippen molar-refractivity contribution in [2.75, 3.05) is 0 Å². The van der Waals surface area contributed by atoms with Crippen molar-refractivity contribution in [2.24, 2.45) is 5.41 Å². The Kier molecular flexibility index (Phi) is 5.35. The Hall–Kier alpha value is -1.68. The summed E-state index contributed by atoms with van der Waals surface area (Å²) in [7, 11) is 0. The summed E-state index contributed by atoms with van der Waals surface area (Å²) in [5, 5.41) is 4.88. The molecule has 0 aliphatic rings. The highest BCUT2D eigenvalue weighted by atomic mass is 35.5. The van der Waals surface area contributed by atoms with Crippen LogP contribution in [0.4, 0.5) is 0 Å². The van der Waals surface area contributed by atoms with E-state index in [2.05, 4.69) is 17.0 Å². The molecule has 0 saturated heterocycles. The Labute approximate surface area is 136 Å². The number of hydrogen-bond acceptors (Lipinski definition) is 3. The summed E-state index contributed by atoms with van der Waals surface area (Å²) in [6.45, 7) is 6.11. The van der Waals surface area contributed by atoms with Gasteiger partial charge in [-0.05, 0) is 24.1 Å². The summed E-state index contributed by atoms with van der Waals surface area (Å²) in [6, 6.07) is 7.25. The summed E-state index contributed by atoms with van der Waals surface area (Å²) < 4.78 is 1.66. The van der Waals surface area contributed by atoms with Crippen LogP contribution in [0.15, 0.2) is 36.9 Å². The zero-order valence-corrected chi connectivity index (χ0v) is 14.0. The number of carbonyl (C=O) groups excluding carboxylic acids is 1. The van der Waals surface area contributed by atoms with Gasteiger partial charge in [0.1, 0.15) is 18.7 Å². The number of benzene rings is 1. The first-order chi connectivity index (χ1) is 10.4. The second-order valence-electron chi connectivity index (χ2n) is 6.22. The molecule has 0 saturated carbocycles. The van der Waals surface area contributed by atoms with Gasteiger partial charge in [0.15, 0.2) is 5.78 Å². The number of hydrogen-bond donors (Lipinski definition) is 0. The van der Waals surface area contributed by atoms with Gasteiger partial charge in [-0.3, -0.25) is 4.79 Å². The van der Waals surface area contributed by atoms with Crippen LogP contribution in [0.5, 0.6) is 0 Å². The van der Waals surface area contributed by atoms with E-state index >= 15 is 0 Å². The topological polar surface area (TPSA) is 47.8 Å². The quantitative estimate of drug-likeness (QED) is 0.771. The van der Waals surface area contributed by atoms with Crippen LogP contribution in [0.25, 0.3) is 0 Å². The second-order valence-corrected chi connectivity index (χ2v) is 6.66. The van der Waals surface area contributed by atoms with Crippen LogP contribution in [0.3, 0.4) is 0 Å². The third kappa shape index (κ3) is 3.95. The van der Waals surface area contributed by atoms with Gasteiger partial charge in [-0.15, -0.1) is 0 Å². The summed E-state index contributed by atoms with van der Waals surface area (Å²) >= 11 is 5.93. The molecule has 5 heteroatoms. The van der Waals surface area contributed by atoms with Crippen molar-refractivity contribution in [2.45, 2.75) is 46.1 Å². The molecule has 1 atom stereocenters. The van der Waals surface area contributed by atoms with E-state index in [0.29, 0.717) is 11.4 Å². The average molecular weight is 320 g/mol. The second kappa shape index (κ2) is 7.05. The maximum atomic E-state index is 13.0. The van der Waals surface area contributed by atoms with Crippen LogP contribution >= 0.6 is 11.6 Å². The first-order valence-electron chi connectivity index (χ1n) is 7.57. The zero-order chi connectivity index (χ0) is 16.2. The minimum atomic E-state index is -0.377. The fraction of sp³-hybridized carbons (Fsp3) is 0.471. The number of carbonyl (C=O) groups is 1. The Morgan fingerprint density at radius 2 is 2.00 bits per heavy atom. The fourth-order valence-corrected chi connectivity index (χ4v) is 2.85. The molecular weight excluding hydrogens is 298 g/mol. The van der Waals surface area contributed by atoms with Crippen LogP contribution < -0.4 is 0 Å². The van der Waals surface area contributed by atoms with E-state index in [1.54, 1.807) is 11.0 Å². The highest BCUT2D eigenvalue weighted by Gasteiger charge is 2.34. The van der Waals surface area contributed by atoms with Crippen molar-refractivity contribution < 1.29 is 4.79 Å². The molecule has 0 fully saturated rings. The van der Waals surface area contributed by atoms with Crippen LogP contribution in [0, 0.1) is 5.41 Å². The molecule has 2 rings (SSSR count). The lowest BCUT2D eigenvalue weighted by Gasteiger charge is -2.28. The standard InChI is InChI=1S/C17H22ClN3O/c1-4-9-17(2,3)16(22)15(21-12-19-11-20-21)10-13-5-7-14(18)8-6-13/h5-8,11-12,15H,4,9-10H2,1-3H3. The fourth-order valence-electron chi connectivity index (χ4n) is 2.73. The van der Waals surface area contributed by atoms with Gasteiger partial charge in [0.25, 0.3) is 0 Å². The molecule has 1 heterocycles. The lowest BCUT2D eigenvalue weighted by molar-refractivity contribution is -0.131. The number of nitrogens with zero attached hydrogens (tertiary/aromatic N) is 3. The van der Waals surface area contributed by atoms with Crippen molar-refractivity contribution in [1.82, 2.24) is 14.8 Å². The van der Waals surface area contributed by atoms with Gasteiger partial charge < -0.3 is 0 Å². The maximum absolute atomic E-state index is 13.0. The first-order valence-corrected chi connectivity index (χ1v) is 7.94. The van der Waals surface area contributed by atoms with Crippen molar-refractivity contribution in [3.8, 4) is 0 Å². The molecular formula is C17H22ClN3O. The monoisotopic (exact) mass is 319 g/mol. The molecule has 4 nitrogen and oxygen atoms in total. The highest BCUT2D eigenvalue weighted by Crippen LogP contribution is 2.30. The molecule has 2 aromatic rings. The molecule has 0 aliphatic heterocycles. The van der Waals surface area contributed by atoms with E-state index < -0.39 is 0 Å². The number of aromatic nitrogens is 3. The van der Waals surface area contributed by atoms with Crippen LogP contribution in [0.1, 0.15) is 45.2 Å². The number of ketones is 1. The van der Waals surface area contributed by atoms with E-state index in [4.69, 9.17) is 11.6 Å². The molecule has 0 amide bonds. The molecule has 0 aliphatic carbocycles. The van der Waals surface area contributed by atoms with Crippen LogP contribution in [-0.2, 0) is 11.2 Å². The molecule has 1 unspecified atom stereocenters. The number of halogens is 1. The Balaban J connectivity index is 2.27. The van der Waals surface area contributed by atoms with Crippen LogP contribution in [-0.4, -0.2) is 20.5 Å². The van der Waals surface area contributed by atoms with Gasteiger partial charge in [0.2, 0.25) is 0 Å². The summed E-state index contributed by atoms with van der Waals surface area (Å²) in [4.78, 5) is 17.0. The van der Waals surface area contributed by atoms with Crippen molar-refractivity contribution in [3.05, 3.63) is 47.5 Å². The van der Waals surface area contributed by atoms with Gasteiger partial charge in [-0.25, -0.2) is 9.67 Å². The SMILES string of the molecule is CCCC(C)(C)C(=O)C(Cc1ccc(Cl)cc1)n1cncn1. The largest absolute Gasteiger partial charge is 0.297 e. The molecule has 1 aromatic heterocycles. The normalized spacial score (nSPS) is 13.1. The van der Waals surface area contributed by atoms with Crippen LogP contribution in [0.2, 0.25) is 5.02 Å². The summed E-state index contributed by atoms with van der Waals surface area (Å²) in [5.74, 6) is 0.190. The minimum Gasteiger partial charge on any atom is -0.297 e. The van der Waals surface area contributed by atoms with Gasteiger partial charge in [-0.1, -0.05) is 50.9 Å². The summed E-state index contributed by atoms with van der Waals surface area (Å²) in [6.07, 6.45) is 5.50. The smallest absolute Gasteiger partial charge is 0.163 e. The molecule has 22 heavy (non-hydrogen) atoms. The van der Waals surface area contributed by atoms with E-state index in [1.807, 2.05) is 38.1 Å². The predicted octanol–water partition coefficient (Wildman–Crippen LogP) is 4.11. The Bertz CT molecular complexity index is 605. The van der Waals surface area contributed by atoms with Crippen molar-refractivity contribution in [3.63, 3.8) is 0 Å². The van der Waals surface area contributed by atoms with E-state index in [-0.39, 0.29) is 17.2 Å². The summed E-state index contributed by atoms with van der Waals surface area (Å²) in [5.41, 5.74) is 0.684. The molecule has 118 valence electrons. The number of rotatable bonds is 7. The highest BCUT2D eigenvalue weighted by molar-refractivity contribution is 6.30. The van der Waals surface area contributed by atoms with Gasteiger partial charge in [-0.2, -0.15) is 5.10 Å². The van der Waals surface area contributed by atoms with E-state index in [1.165, 1.54) is 6.33 Å². The van der Waals surface area contributed by atoms with Gasteiger partial charge in [0.05, 0.1) is 0 Å². The molecule has 0 radical (unpaired) electrons. The molecule has 0 spiro atoms. The Morgan fingerprint density at radius 1 is 1.32 bits per heavy atom. The molecule has 0 N–H and O–H groups in total. The number of Topliss-reactive ketones (excluding diaryl/α,β-unsaturated/α-hetero) is 1. The lowest BCUT2D eigenvalue weighted by atomic mass is 9.79. The lowest BCUT2D eigenvalue weighted by Crippen LogP contribution is -2.34. The maximum Gasteiger partial charge on any atom is 0.163 e. The molecule has 1 aromatic carbocycles. The minimum absolute atomic E-state index is 0.190. The molecule has 0 bridgehead atoms. The Morgan fingerprint density at radius 3 is 2.55 bits per heavy atom. The van der Waals surface area contributed by atoms with E-state index in [9.17, 15) is 4.79 Å². The average Bonchev–Trinajstić information content (AvgIpc) is 3.00.